The Morgan fingerprint density at radius 2 is 1.89 bits per heavy atom. The summed E-state index contributed by atoms with van der Waals surface area (Å²) in [5.74, 6) is 1.03. The van der Waals surface area contributed by atoms with E-state index in [-0.39, 0.29) is 11.5 Å². The van der Waals surface area contributed by atoms with Crippen molar-refractivity contribution in [3.8, 4) is 0 Å². The van der Waals surface area contributed by atoms with Crippen LogP contribution in [0.25, 0.3) is 11.0 Å². The summed E-state index contributed by atoms with van der Waals surface area (Å²) in [5, 5.41) is 1.17. The minimum absolute atomic E-state index is 0.0149. The smallest absolute Gasteiger partial charge is 0.134 e. The SMILES string of the molecule is CCc1oc2ccccc2c1C(N)C(C)(C)CC. The molecule has 0 amide bonds. The van der Waals surface area contributed by atoms with Crippen molar-refractivity contribution in [2.75, 3.05) is 0 Å². The molecule has 0 radical (unpaired) electrons. The Balaban J connectivity index is 2.61. The highest BCUT2D eigenvalue weighted by atomic mass is 16.3. The number of nitrogens with two attached hydrogens (primary N) is 1. The summed E-state index contributed by atoms with van der Waals surface area (Å²) in [6.45, 7) is 8.75. The molecule has 2 rings (SSSR count). The summed E-state index contributed by atoms with van der Waals surface area (Å²) >= 11 is 0. The van der Waals surface area contributed by atoms with Gasteiger partial charge in [-0.2, -0.15) is 0 Å². The lowest BCUT2D eigenvalue weighted by atomic mass is 9.78. The van der Waals surface area contributed by atoms with Gasteiger partial charge in [-0.25, -0.2) is 0 Å². The van der Waals surface area contributed by atoms with Crippen LogP contribution in [0.3, 0.4) is 0 Å². The lowest BCUT2D eigenvalue weighted by Gasteiger charge is -2.30. The predicted molar refractivity (Wildman–Crippen MR) is 76.6 cm³/mol. The van der Waals surface area contributed by atoms with Crippen LogP contribution < -0.4 is 5.73 Å². The second kappa shape index (κ2) is 4.77. The first-order valence-corrected chi connectivity index (χ1v) is 6.77. The van der Waals surface area contributed by atoms with Crippen molar-refractivity contribution in [3.63, 3.8) is 0 Å². The van der Waals surface area contributed by atoms with Crippen LogP contribution in [0.5, 0.6) is 0 Å². The molecule has 1 heterocycles. The van der Waals surface area contributed by atoms with Crippen molar-refractivity contribution in [1.82, 2.24) is 0 Å². The fraction of sp³-hybridized carbons (Fsp3) is 0.500. The Kier molecular flexibility index (Phi) is 3.49. The van der Waals surface area contributed by atoms with E-state index in [1.807, 2.05) is 18.2 Å². The highest BCUT2D eigenvalue weighted by Gasteiger charge is 2.30. The summed E-state index contributed by atoms with van der Waals surface area (Å²) in [7, 11) is 0. The van der Waals surface area contributed by atoms with E-state index < -0.39 is 0 Å². The zero-order valence-corrected chi connectivity index (χ0v) is 11.8. The van der Waals surface area contributed by atoms with E-state index in [9.17, 15) is 0 Å². The average Bonchev–Trinajstić information content (AvgIpc) is 2.76. The van der Waals surface area contributed by atoms with Crippen molar-refractivity contribution >= 4 is 11.0 Å². The maximum absolute atomic E-state index is 6.51. The van der Waals surface area contributed by atoms with Crippen molar-refractivity contribution in [3.05, 3.63) is 35.6 Å². The molecule has 1 atom stereocenters. The van der Waals surface area contributed by atoms with E-state index in [1.54, 1.807) is 0 Å². The molecule has 0 aliphatic heterocycles. The molecule has 0 fully saturated rings. The molecule has 0 saturated carbocycles. The van der Waals surface area contributed by atoms with E-state index >= 15 is 0 Å². The molecule has 2 nitrogen and oxygen atoms in total. The molecule has 2 N–H and O–H groups in total. The maximum atomic E-state index is 6.51. The molecule has 0 aliphatic rings. The highest BCUT2D eigenvalue weighted by Crippen LogP contribution is 2.40. The summed E-state index contributed by atoms with van der Waals surface area (Å²) in [6.07, 6.45) is 1.94. The second-order valence-corrected chi connectivity index (χ2v) is 5.61. The van der Waals surface area contributed by atoms with Gasteiger partial charge < -0.3 is 10.2 Å². The van der Waals surface area contributed by atoms with Crippen molar-refractivity contribution < 1.29 is 4.42 Å². The first-order valence-electron chi connectivity index (χ1n) is 6.77. The molecule has 0 bridgehead atoms. The standard InChI is InChI=1S/C16H23NO/c1-5-12-14(15(17)16(3,4)6-2)11-9-7-8-10-13(11)18-12/h7-10,15H,5-6,17H2,1-4H3. The Morgan fingerprint density at radius 3 is 2.50 bits per heavy atom. The van der Waals surface area contributed by atoms with Crippen molar-refractivity contribution in [2.24, 2.45) is 11.1 Å². The summed E-state index contributed by atoms with van der Waals surface area (Å²) in [5.41, 5.74) is 8.74. The van der Waals surface area contributed by atoms with Gasteiger partial charge in [-0.3, -0.25) is 0 Å². The third-order valence-electron chi connectivity index (χ3n) is 4.10. The van der Waals surface area contributed by atoms with Gasteiger partial charge in [-0.1, -0.05) is 45.9 Å². The van der Waals surface area contributed by atoms with Crippen LogP contribution in [0.2, 0.25) is 0 Å². The molecule has 2 heteroatoms. The maximum Gasteiger partial charge on any atom is 0.134 e. The quantitative estimate of drug-likeness (QED) is 0.865. The molecule has 1 aromatic heterocycles. The van der Waals surface area contributed by atoms with Gasteiger partial charge in [-0.05, 0) is 17.9 Å². The number of hydrogen-bond donors (Lipinski definition) is 1. The van der Waals surface area contributed by atoms with Crippen LogP contribution in [0.1, 0.15) is 51.5 Å². The monoisotopic (exact) mass is 245 g/mol. The lowest BCUT2D eigenvalue weighted by molar-refractivity contribution is 0.276. The number of rotatable bonds is 4. The number of para-hydroxylation sites is 1. The average molecular weight is 245 g/mol. The summed E-state index contributed by atoms with van der Waals surface area (Å²) < 4.78 is 5.93. The fourth-order valence-electron chi connectivity index (χ4n) is 2.33. The molecule has 1 unspecified atom stereocenters. The van der Waals surface area contributed by atoms with Gasteiger partial charge in [0, 0.05) is 23.4 Å². The van der Waals surface area contributed by atoms with Gasteiger partial charge >= 0.3 is 0 Å². The van der Waals surface area contributed by atoms with Crippen molar-refractivity contribution in [1.29, 1.82) is 0 Å². The molecule has 1 aromatic carbocycles. The third kappa shape index (κ3) is 2.05. The Bertz CT molecular complexity index is 539. The third-order valence-corrected chi connectivity index (χ3v) is 4.10. The van der Waals surface area contributed by atoms with Crippen LogP contribution in [0.15, 0.2) is 28.7 Å². The largest absolute Gasteiger partial charge is 0.461 e. The van der Waals surface area contributed by atoms with Gasteiger partial charge in [0.25, 0.3) is 0 Å². The zero-order valence-electron chi connectivity index (χ0n) is 11.8. The van der Waals surface area contributed by atoms with Gasteiger partial charge in [0.15, 0.2) is 0 Å². The predicted octanol–water partition coefficient (Wildman–Crippen LogP) is 4.43. The van der Waals surface area contributed by atoms with Gasteiger partial charge in [0.05, 0.1) is 0 Å². The van der Waals surface area contributed by atoms with Crippen LogP contribution in [-0.2, 0) is 6.42 Å². The van der Waals surface area contributed by atoms with E-state index in [4.69, 9.17) is 10.2 Å². The number of fused-ring (bicyclic) bond motifs is 1. The molecule has 2 aromatic rings. The molecular formula is C16H23NO. The Morgan fingerprint density at radius 1 is 1.22 bits per heavy atom. The van der Waals surface area contributed by atoms with E-state index in [0.29, 0.717) is 0 Å². The number of hydrogen-bond acceptors (Lipinski definition) is 2. The minimum Gasteiger partial charge on any atom is -0.461 e. The molecule has 0 saturated heterocycles. The first-order chi connectivity index (χ1) is 8.51. The summed E-state index contributed by atoms with van der Waals surface area (Å²) in [6, 6.07) is 8.20. The molecule has 98 valence electrons. The van der Waals surface area contributed by atoms with E-state index in [2.05, 4.69) is 33.8 Å². The molecule has 0 aliphatic carbocycles. The van der Waals surface area contributed by atoms with Crippen LogP contribution in [-0.4, -0.2) is 0 Å². The number of benzene rings is 1. The minimum atomic E-state index is 0.0149. The van der Waals surface area contributed by atoms with Crippen LogP contribution >= 0.6 is 0 Å². The van der Waals surface area contributed by atoms with Gasteiger partial charge in [-0.15, -0.1) is 0 Å². The van der Waals surface area contributed by atoms with Crippen LogP contribution in [0.4, 0.5) is 0 Å². The number of furan rings is 1. The van der Waals surface area contributed by atoms with Gasteiger partial charge in [0.2, 0.25) is 0 Å². The van der Waals surface area contributed by atoms with Gasteiger partial charge in [0.1, 0.15) is 11.3 Å². The Hall–Kier alpha value is -1.28. The fourth-order valence-corrected chi connectivity index (χ4v) is 2.33. The summed E-state index contributed by atoms with van der Waals surface area (Å²) in [4.78, 5) is 0. The molecule has 18 heavy (non-hydrogen) atoms. The molecule has 0 spiro atoms. The lowest BCUT2D eigenvalue weighted by Crippen LogP contribution is -2.29. The zero-order chi connectivity index (χ0) is 13.3. The van der Waals surface area contributed by atoms with Crippen molar-refractivity contribution in [2.45, 2.75) is 46.6 Å². The second-order valence-electron chi connectivity index (χ2n) is 5.61. The highest BCUT2D eigenvalue weighted by molar-refractivity contribution is 5.82. The van der Waals surface area contributed by atoms with Crippen LogP contribution in [0, 0.1) is 5.41 Å². The number of aryl methyl sites for hydroxylation is 1. The molecular weight excluding hydrogens is 222 g/mol. The normalized spacial score (nSPS) is 14.1. The topological polar surface area (TPSA) is 39.2 Å². The van der Waals surface area contributed by atoms with E-state index in [0.717, 1.165) is 24.2 Å². The first kappa shape index (κ1) is 13.2. The Labute approximate surface area is 109 Å². The van der Waals surface area contributed by atoms with E-state index in [1.165, 1.54) is 10.9 Å².